The van der Waals surface area contributed by atoms with Crippen LogP contribution in [0.2, 0.25) is 0 Å². The summed E-state index contributed by atoms with van der Waals surface area (Å²) in [5.41, 5.74) is 0.490. The van der Waals surface area contributed by atoms with E-state index in [2.05, 4.69) is 4.72 Å². The van der Waals surface area contributed by atoms with Gasteiger partial charge in [-0.3, -0.25) is 19.3 Å². The number of hydrogen-bond donors (Lipinski definition) is 2. The molecule has 1 heterocycles. The third-order valence-electron chi connectivity index (χ3n) is 4.19. The molecule has 136 valence electrons. The van der Waals surface area contributed by atoms with Gasteiger partial charge in [0.15, 0.2) is 0 Å². The number of carbonyl (C=O) groups excluding carboxylic acids is 2. The molecule has 2 aromatic carbocycles. The lowest BCUT2D eigenvalue weighted by Crippen LogP contribution is -2.37. The quantitative estimate of drug-likeness (QED) is 0.577. The summed E-state index contributed by atoms with van der Waals surface area (Å²) in [7, 11) is -2.58. The van der Waals surface area contributed by atoms with E-state index in [-0.39, 0.29) is 29.8 Å². The number of aliphatic carboxylic acids is 1. The first-order valence-electron chi connectivity index (χ1n) is 7.83. The molecular formula is C17H16N2O6S. The molecule has 0 aromatic heterocycles. The van der Waals surface area contributed by atoms with E-state index in [4.69, 9.17) is 5.11 Å². The average molecular weight is 376 g/mol. The van der Waals surface area contributed by atoms with E-state index in [0.717, 1.165) is 4.90 Å². The molecule has 26 heavy (non-hydrogen) atoms. The van der Waals surface area contributed by atoms with Crippen LogP contribution in [-0.4, -0.2) is 49.8 Å². The van der Waals surface area contributed by atoms with Gasteiger partial charge < -0.3 is 5.11 Å². The molecule has 0 unspecified atom stereocenters. The summed E-state index contributed by atoms with van der Waals surface area (Å²) >= 11 is 0. The van der Waals surface area contributed by atoms with Gasteiger partial charge in [0.1, 0.15) is 0 Å². The molecule has 0 spiro atoms. The number of amides is 2. The summed E-state index contributed by atoms with van der Waals surface area (Å²) in [5.74, 6) is -2.01. The van der Waals surface area contributed by atoms with Crippen LogP contribution in [0.15, 0.2) is 35.2 Å². The Bertz CT molecular complexity index is 1040. The first-order chi connectivity index (χ1) is 12.2. The Hall–Kier alpha value is -2.78. The Kier molecular flexibility index (Phi) is 4.51. The number of sulfonamides is 1. The molecule has 1 aliphatic heterocycles. The molecule has 2 N–H and O–H groups in total. The Labute approximate surface area is 149 Å². The molecule has 9 heteroatoms. The predicted molar refractivity (Wildman–Crippen MR) is 92.4 cm³/mol. The van der Waals surface area contributed by atoms with Gasteiger partial charge in [-0.05, 0) is 30.0 Å². The van der Waals surface area contributed by atoms with Gasteiger partial charge in [0, 0.05) is 36.5 Å². The van der Waals surface area contributed by atoms with Crippen LogP contribution < -0.4 is 4.72 Å². The first-order valence-corrected chi connectivity index (χ1v) is 9.31. The van der Waals surface area contributed by atoms with E-state index in [9.17, 15) is 22.8 Å². The number of carboxylic acids is 1. The Morgan fingerprint density at radius 3 is 2.54 bits per heavy atom. The lowest BCUT2D eigenvalue weighted by Gasteiger charge is -2.24. The average Bonchev–Trinajstić information content (AvgIpc) is 2.60. The molecule has 8 nitrogen and oxygen atoms in total. The van der Waals surface area contributed by atoms with Gasteiger partial charge in [-0.15, -0.1) is 0 Å². The summed E-state index contributed by atoms with van der Waals surface area (Å²) in [6.07, 6.45) is -0.00440. The van der Waals surface area contributed by atoms with Crippen molar-refractivity contribution < 1.29 is 27.9 Å². The van der Waals surface area contributed by atoms with Gasteiger partial charge in [-0.25, -0.2) is 13.1 Å². The topological polar surface area (TPSA) is 121 Å². The highest BCUT2D eigenvalue weighted by molar-refractivity contribution is 7.89. The van der Waals surface area contributed by atoms with E-state index in [0.29, 0.717) is 16.3 Å². The van der Waals surface area contributed by atoms with Crippen molar-refractivity contribution in [1.82, 2.24) is 9.62 Å². The number of hydrogen-bond acceptors (Lipinski definition) is 5. The van der Waals surface area contributed by atoms with Crippen molar-refractivity contribution in [3.05, 3.63) is 41.5 Å². The zero-order valence-electron chi connectivity index (χ0n) is 13.9. The molecular weight excluding hydrogens is 360 g/mol. The number of imide groups is 1. The van der Waals surface area contributed by atoms with Crippen LogP contribution >= 0.6 is 0 Å². The fourth-order valence-electron chi connectivity index (χ4n) is 2.89. The maximum atomic E-state index is 12.5. The molecule has 3 rings (SSSR count). The number of nitrogens with one attached hydrogen (secondary N) is 1. The van der Waals surface area contributed by atoms with E-state index < -0.39 is 27.8 Å². The molecule has 0 saturated carbocycles. The van der Waals surface area contributed by atoms with Crippen molar-refractivity contribution in [3.8, 4) is 0 Å². The van der Waals surface area contributed by atoms with Crippen molar-refractivity contribution in [3.63, 3.8) is 0 Å². The van der Waals surface area contributed by atoms with Gasteiger partial charge in [0.05, 0.1) is 4.90 Å². The van der Waals surface area contributed by atoms with Gasteiger partial charge in [-0.1, -0.05) is 12.1 Å². The lowest BCUT2D eigenvalue weighted by atomic mass is 9.94. The molecule has 0 fully saturated rings. The van der Waals surface area contributed by atoms with E-state index in [1.54, 1.807) is 18.2 Å². The number of carbonyl (C=O) groups is 3. The summed E-state index contributed by atoms with van der Waals surface area (Å²) in [4.78, 5) is 36.1. The summed E-state index contributed by atoms with van der Waals surface area (Å²) in [6.45, 7) is -0.0334. The minimum atomic E-state index is -3.92. The third-order valence-corrected chi connectivity index (χ3v) is 5.63. The molecule has 2 amide bonds. The largest absolute Gasteiger partial charge is 0.481 e. The second-order valence-electron chi connectivity index (χ2n) is 5.94. The Morgan fingerprint density at radius 1 is 1.15 bits per heavy atom. The van der Waals surface area contributed by atoms with Gasteiger partial charge in [0.25, 0.3) is 11.8 Å². The highest BCUT2D eigenvalue weighted by atomic mass is 32.2. The molecule has 0 bridgehead atoms. The number of nitrogens with zero attached hydrogens (tertiary/aromatic N) is 1. The van der Waals surface area contributed by atoms with Crippen LogP contribution in [0.25, 0.3) is 10.8 Å². The highest BCUT2D eigenvalue weighted by Gasteiger charge is 2.31. The minimum absolute atomic E-state index is 0.0334. The molecule has 0 aliphatic carbocycles. The summed E-state index contributed by atoms with van der Waals surface area (Å²) in [6, 6.07) is 7.50. The number of rotatable bonds is 6. The van der Waals surface area contributed by atoms with Crippen LogP contribution in [0.3, 0.4) is 0 Å². The Morgan fingerprint density at radius 2 is 1.85 bits per heavy atom. The maximum Gasteiger partial charge on any atom is 0.303 e. The van der Waals surface area contributed by atoms with Gasteiger partial charge >= 0.3 is 5.97 Å². The number of carboxylic acid groups (broad SMARTS) is 1. The van der Waals surface area contributed by atoms with Crippen LogP contribution in [0.5, 0.6) is 0 Å². The normalized spacial score (nSPS) is 14.1. The number of benzene rings is 2. The van der Waals surface area contributed by atoms with E-state index in [1.807, 2.05) is 0 Å². The smallest absolute Gasteiger partial charge is 0.303 e. The van der Waals surface area contributed by atoms with Crippen molar-refractivity contribution in [1.29, 1.82) is 0 Å². The second kappa shape index (κ2) is 6.50. The van der Waals surface area contributed by atoms with Gasteiger partial charge in [-0.2, -0.15) is 0 Å². The maximum absolute atomic E-state index is 12.5. The Balaban J connectivity index is 2.04. The molecule has 2 aromatic rings. The summed E-state index contributed by atoms with van der Waals surface area (Å²) in [5, 5.41) is 9.52. The van der Waals surface area contributed by atoms with Crippen molar-refractivity contribution >= 4 is 38.6 Å². The van der Waals surface area contributed by atoms with Crippen LogP contribution in [-0.2, 0) is 14.8 Å². The summed E-state index contributed by atoms with van der Waals surface area (Å²) < 4.78 is 27.3. The second-order valence-corrected chi connectivity index (χ2v) is 7.71. The third kappa shape index (κ3) is 3.06. The van der Waals surface area contributed by atoms with Crippen molar-refractivity contribution in [2.75, 3.05) is 13.6 Å². The SMILES string of the molecule is CN1C(=O)c2cccc3cc(S(=O)(=O)NCCCC(=O)O)cc(c23)C1=O. The van der Waals surface area contributed by atoms with Gasteiger partial charge in [0.2, 0.25) is 10.0 Å². The molecule has 1 aliphatic rings. The minimum Gasteiger partial charge on any atom is -0.481 e. The zero-order chi connectivity index (χ0) is 19.1. The fourth-order valence-corrected chi connectivity index (χ4v) is 4.02. The highest BCUT2D eigenvalue weighted by Crippen LogP contribution is 2.31. The van der Waals surface area contributed by atoms with Crippen molar-refractivity contribution in [2.45, 2.75) is 17.7 Å². The van der Waals surface area contributed by atoms with Crippen LogP contribution in [0.4, 0.5) is 0 Å². The molecule has 0 saturated heterocycles. The standard InChI is InChI=1S/C17H16N2O6S/c1-19-16(22)12-5-2-4-10-8-11(9-13(15(10)12)17(19)23)26(24,25)18-7-3-6-14(20)21/h2,4-5,8-9,18H,3,6-7H2,1H3,(H,20,21). The van der Waals surface area contributed by atoms with Crippen molar-refractivity contribution in [2.24, 2.45) is 0 Å². The predicted octanol–water partition coefficient (Wildman–Crippen LogP) is 1.21. The van der Waals surface area contributed by atoms with Crippen LogP contribution in [0, 0.1) is 0 Å². The first kappa shape index (κ1) is 18.0. The zero-order valence-corrected chi connectivity index (χ0v) is 14.7. The lowest BCUT2D eigenvalue weighted by molar-refractivity contribution is -0.137. The molecule has 0 radical (unpaired) electrons. The fraction of sp³-hybridized carbons (Fsp3) is 0.235. The van der Waals surface area contributed by atoms with E-state index >= 15 is 0 Å². The molecule has 0 atom stereocenters. The van der Waals surface area contributed by atoms with Crippen LogP contribution in [0.1, 0.15) is 33.6 Å². The monoisotopic (exact) mass is 376 g/mol. The van der Waals surface area contributed by atoms with E-state index in [1.165, 1.54) is 19.2 Å².